The van der Waals surface area contributed by atoms with Gasteiger partial charge in [-0.2, -0.15) is 5.10 Å². The molecule has 0 saturated carbocycles. The number of aromatic nitrogens is 3. The molecule has 1 aliphatic rings. The minimum atomic E-state index is 0. The number of aliphatic imine (C=N–C) groups is 1. The molecule has 1 fully saturated rings. The molecule has 154 valence electrons. The van der Waals surface area contributed by atoms with Crippen LogP contribution in [-0.4, -0.2) is 64.3 Å². The second kappa shape index (κ2) is 10.7. The van der Waals surface area contributed by atoms with Crippen LogP contribution in [0.1, 0.15) is 24.5 Å². The molecule has 1 saturated heterocycles. The quantitative estimate of drug-likeness (QED) is 0.360. The van der Waals surface area contributed by atoms with E-state index in [1.54, 1.807) is 27.1 Å². The SMILES string of the molecule is CCNC(=NCCc1csc(CC)n1)N1CCN(c2cnn(C)c2)C(=O)C1.I. The molecule has 0 spiro atoms. The van der Waals surface area contributed by atoms with E-state index < -0.39 is 0 Å². The van der Waals surface area contributed by atoms with Crippen molar-refractivity contribution in [1.29, 1.82) is 0 Å². The largest absolute Gasteiger partial charge is 0.357 e. The van der Waals surface area contributed by atoms with Gasteiger partial charge in [-0.3, -0.25) is 14.5 Å². The maximum absolute atomic E-state index is 12.6. The lowest BCUT2D eigenvalue weighted by Gasteiger charge is -2.35. The highest BCUT2D eigenvalue weighted by Gasteiger charge is 2.27. The van der Waals surface area contributed by atoms with Gasteiger partial charge in [0.25, 0.3) is 0 Å². The summed E-state index contributed by atoms with van der Waals surface area (Å²) in [6.07, 6.45) is 5.38. The number of guanidine groups is 1. The van der Waals surface area contributed by atoms with Crippen LogP contribution in [0.15, 0.2) is 22.8 Å². The van der Waals surface area contributed by atoms with Gasteiger partial charge in [-0.25, -0.2) is 4.98 Å². The third-order valence-electron chi connectivity index (χ3n) is 4.39. The highest BCUT2D eigenvalue weighted by Crippen LogP contribution is 2.16. The van der Waals surface area contributed by atoms with Crippen LogP contribution < -0.4 is 10.2 Å². The average Bonchev–Trinajstić information content (AvgIpc) is 3.29. The van der Waals surface area contributed by atoms with Gasteiger partial charge >= 0.3 is 0 Å². The zero-order valence-electron chi connectivity index (χ0n) is 16.6. The van der Waals surface area contributed by atoms with Gasteiger partial charge in [0.15, 0.2) is 5.96 Å². The van der Waals surface area contributed by atoms with Crippen LogP contribution in [0.4, 0.5) is 5.69 Å². The number of aryl methyl sites for hydroxylation is 2. The molecule has 3 rings (SSSR count). The molecule has 8 nitrogen and oxygen atoms in total. The molecule has 0 radical (unpaired) electrons. The number of thiazole rings is 1. The first kappa shape index (κ1) is 22.6. The number of anilines is 1. The summed E-state index contributed by atoms with van der Waals surface area (Å²) in [5.74, 6) is 0.856. The van der Waals surface area contributed by atoms with Crippen LogP contribution in [0, 0.1) is 0 Å². The standard InChI is InChI=1S/C18H27N7OS.HI/c1-4-16-22-14(13-27-16)6-7-20-18(19-5-2)24-8-9-25(17(26)12-24)15-10-21-23(3)11-15;/h10-11,13H,4-9,12H2,1-3H3,(H,19,20);1H. The van der Waals surface area contributed by atoms with E-state index in [1.165, 1.54) is 0 Å². The van der Waals surface area contributed by atoms with Gasteiger partial charge in [0, 0.05) is 51.2 Å². The summed E-state index contributed by atoms with van der Waals surface area (Å²) in [5, 5.41) is 10.7. The van der Waals surface area contributed by atoms with Gasteiger partial charge in [-0.15, -0.1) is 35.3 Å². The van der Waals surface area contributed by atoms with Crippen LogP contribution in [-0.2, 0) is 24.7 Å². The number of nitrogens with one attached hydrogen (secondary N) is 1. The molecule has 0 aromatic carbocycles. The van der Waals surface area contributed by atoms with Gasteiger partial charge in [0.05, 0.1) is 22.6 Å². The third kappa shape index (κ3) is 5.66. The summed E-state index contributed by atoms with van der Waals surface area (Å²) in [4.78, 5) is 25.7. The number of hydrogen-bond donors (Lipinski definition) is 1. The number of hydrogen-bond acceptors (Lipinski definition) is 5. The van der Waals surface area contributed by atoms with E-state index in [4.69, 9.17) is 4.99 Å². The van der Waals surface area contributed by atoms with Crippen molar-refractivity contribution in [3.05, 3.63) is 28.5 Å². The van der Waals surface area contributed by atoms with E-state index in [-0.39, 0.29) is 29.9 Å². The first-order chi connectivity index (χ1) is 13.1. The zero-order chi connectivity index (χ0) is 19.2. The molecular formula is C18H28IN7OS. The number of amides is 1. The Morgan fingerprint density at radius 3 is 2.79 bits per heavy atom. The van der Waals surface area contributed by atoms with Crippen molar-refractivity contribution in [3.63, 3.8) is 0 Å². The summed E-state index contributed by atoms with van der Waals surface area (Å²) in [6.45, 7) is 7.27. The van der Waals surface area contributed by atoms with Gasteiger partial charge in [-0.05, 0) is 13.3 Å². The van der Waals surface area contributed by atoms with Gasteiger partial charge < -0.3 is 15.1 Å². The van der Waals surface area contributed by atoms with Crippen LogP contribution >= 0.6 is 35.3 Å². The smallest absolute Gasteiger partial charge is 0.246 e. The lowest BCUT2D eigenvalue weighted by molar-refractivity contribution is -0.120. The minimum absolute atomic E-state index is 0. The number of carbonyl (C=O) groups excluding carboxylic acids is 1. The van der Waals surface area contributed by atoms with Crippen molar-refractivity contribution < 1.29 is 4.79 Å². The summed E-state index contributed by atoms with van der Waals surface area (Å²) in [7, 11) is 1.85. The molecule has 28 heavy (non-hydrogen) atoms. The molecule has 1 amide bonds. The van der Waals surface area contributed by atoms with Crippen molar-refractivity contribution in [1.82, 2.24) is 25.0 Å². The fraction of sp³-hybridized carbons (Fsp3) is 0.556. The number of piperazine rings is 1. The first-order valence-corrected chi connectivity index (χ1v) is 10.2. The maximum atomic E-state index is 12.6. The molecular weight excluding hydrogens is 489 g/mol. The monoisotopic (exact) mass is 517 g/mol. The third-order valence-corrected chi connectivity index (χ3v) is 5.43. The van der Waals surface area contributed by atoms with Crippen LogP contribution in [0.2, 0.25) is 0 Å². The Morgan fingerprint density at radius 1 is 1.36 bits per heavy atom. The van der Waals surface area contributed by atoms with Crippen molar-refractivity contribution in [2.24, 2.45) is 12.0 Å². The van der Waals surface area contributed by atoms with Crippen molar-refractivity contribution >= 4 is 52.9 Å². The van der Waals surface area contributed by atoms with Crippen molar-refractivity contribution in [2.75, 3.05) is 37.6 Å². The number of nitrogens with zero attached hydrogens (tertiary/aromatic N) is 6. The number of carbonyl (C=O) groups is 1. The molecule has 0 unspecified atom stereocenters. The fourth-order valence-corrected chi connectivity index (χ4v) is 3.78. The Labute approximate surface area is 187 Å². The van der Waals surface area contributed by atoms with E-state index >= 15 is 0 Å². The predicted octanol–water partition coefficient (Wildman–Crippen LogP) is 1.91. The Bertz CT molecular complexity index is 803. The fourth-order valence-electron chi connectivity index (χ4n) is 3.00. The molecule has 1 N–H and O–H groups in total. The normalized spacial score (nSPS) is 15.0. The number of halogens is 1. The Morgan fingerprint density at radius 2 is 2.18 bits per heavy atom. The second-order valence-electron chi connectivity index (χ2n) is 6.41. The lowest BCUT2D eigenvalue weighted by Crippen LogP contribution is -2.55. The predicted molar refractivity (Wildman–Crippen MR) is 124 cm³/mol. The Hall–Kier alpha value is -1.69. The summed E-state index contributed by atoms with van der Waals surface area (Å²) >= 11 is 1.70. The zero-order valence-corrected chi connectivity index (χ0v) is 19.7. The molecule has 0 atom stereocenters. The molecule has 0 aliphatic carbocycles. The molecule has 0 bridgehead atoms. The van der Waals surface area contributed by atoms with Gasteiger partial charge in [0.2, 0.25) is 5.91 Å². The second-order valence-corrected chi connectivity index (χ2v) is 7.35. The maximum Gasteiger partial charge on any atom is 0.246 e. The Kier molecular flexibility index (Phi) is 8.67. The molecule has 2 aromatic rings. The Balaban J connectivity index is 0.00000280. The summed E-state index contributed by atoms with van der Waals surface area (Å²) < 4.78 is 1.71. The average molecular weight is 517 g/mol. The molecule has 2 aromatic heterocycles. The van der Waals surface area contributed by atoms with Crippen LogP contribution in [0.25, 0.3) is 0 Å². The summed E-state index contributed by atoms with van der Waals surface area (Å²) in [5.41, 5.74) is 1.94. The van der Waals surface area contributed by atoms with Crippen molar-refractivity contribution in [2.45, 2.75) is 26.7 Å². The van der Waals surface area contributed by atoms with E-state index in [0.717, 1.165) is 48.3 Å². The topological polar surface area (TPSA) is 78.7 Å². The van der Waals surface area contributed by atoms with Gasteiger partial charge in [0.1, 0.15) is 6.54 Å². The molecule has 3 heterocycles. The van der Waals surface area contributed by atoms with Crippen LogP contribution in [0.5, 0.6) is 0 Å². The van der Waals surface area contributed by atoms with E-state index in [1.807, 2.05) is 25.1 Å². The number of rotatable bonds is 6. The highest BCUT2D eigenvalue weighted by molar-refractivity contribution is 14.0. The first-order valence-electron chi connectivity index (χ1n) is 9.36. The summed E-state index contributed by atoms with van der Waals surface area (Å²) in [6, 6.07) is 0. The molecule has 10 heteroatoms. The van der Waals surface area contributed by atoms with E-state index in [2.05, 4.69) is 27.7 Å². The van der Waals surface area contributed by atoms with E-state index in [0.29, 0.717) is 19.6 Å². The lowest BCUT2D eigenvalue weighted by atomic mass is 10.3. The van der Waals surface area contributed by atoms with Gasteiger partial charge in [-0.1, -0.05) is 6.92 Å². The van der Waals surface area contributed by atoms with Crippen molar-refractivity contribution in [3.8, 4) is 0 Å². The highest BCUT2D eigenvalue weighted by atomic mass is 127. The van der Waals surface area contributed by atoms with E-state index in [9.17, 15) is 4.79 Å². The van der Waals surface area contributed by atoms with Crippen LogP contribution in [0.3, 0.4) is 0 Å². The molecule has 1 aliphatic heterocycles. The minimum Gasteiger partial charge on any atom is -0.357 e.